The predicted octanol–water partition coefficient (Wildman–Crippen LogP) is 3.60. The van der Waals surface area contributed by atoms with Crippen LogP contribution in [0.2, 0.25) is 0 Å². The molecular weight excluding hydrogens is 337 g/mol. The summed E-state index contributed by atoms with van der Waals surface area (Å²) in [6, 6.07) is 14.9. The van der Waals surface area contributed by atoms with E-state index in [1.807, 2.05) is 37.3 Å². The van der Waals surface area contributed by atoms with Crippen LogP contribution >= 0.6 is 12.2 Å². The van der Waals surface area contributed by atoms with E-state index in [0.717, 1.165) is 5.70 Å². The molecule has 0 saturated heterocycles. The minimum Gasteiger partial charge on any atom is -0.351 e. The maximum atomic E-state index is 13.7. The first-order valence-electron chi connectivity index (χ1n) is 7.84. The molecule has 2 aromatic rings. The van der Waals surface area contributed by atoms with Gasteiger partial charge in [-0.05, 0) is 49.0 Å². The van der Waals surface area contributed by atoms with Gasteiger partial charge in [0.2, 0.25) is 0 Å². The average Bonchev–Trinajstić information content (AvgIpc) is 2.60. The van der Waals surface area contributed by atoms with Crippen molar-refractivity contribution < 1.29 is 9.18 Å². The number of para-hydroxylation sites is 1. The minimum absolute atomic E-state index is 0.250. The van der Waals surface area contributed by atoms with Gasteiger partial charge in [-0.2, -0.15) is 0 Å². The number of benzene rings is 2. The Morgan fingerprint density at radius 2 is 1.92 bits per heavy atom. The summed E-state index contributed by atoms with van der Waals surface area (Å²) < 4.78 is 13.7. The highest BCUT2D eigenvalue weighted by atomic mass is 32.1. The molecule has 1 unspecified atom stereocenters. The van der Waals surface area contributed by atoms with E-state index >= 15 is 0 Å². The summed E-state index contributed by atoms with van der Waals surface area (Å²) in [4.78, 5) is 14.7. The number of rotatable bonds is 3. The van der Waals surface area contributed by atoms with Crippen LogP contribution in [0.3, 0.4) is 0 Å². The molecule has 0 aliphatic carbocycles. The van der Waals surface area contributed by atoms with Crippen LogP contribution in [-0.2, 0) is 4.79 Å². The molecule has 2 N–H and O–H groups in total. The Morgan fingerprint density at radius 1 is 1.20 bits per heavy atom. The number of nitrogens with one attached hydrogen (secondary N) is 2. The lowest BCUT2D eigenvalue weighted by molar-refractivity contribution is -0.113. The topological polar surface area (TPSA) is 44.4 Å². The Balaban J connectivity index is 2.01. The molecule has 1 aliphatic heterocycles. The zero-order valence-electron chi connectivity index (χ0n) is 13.9. The van der Waals surface area contributed by atoms with Crippen molar-refractivity contribution in [3.63, 3.8) is 0 Å². The van der Waals surface area contributed by atoms with Crippen LogP contribution in [0.1, 0.15) is 18.5 Å². The van der Waals surface area contributed by atoms with Crippen LogP contribution in [-0.4, -0.2) is 23.0 Å². The molecule has 1 heterocycles. The molecule has 1 atom stereocenters. The van der Waals surface area contributed by atoms with Gasteiger partial charge in [0.1, 0.15) is 5.82 Å². The Hall–Kier alpha value is -2.73. The Kier molecular flexibility index (Phi) is 4.81. The second-order valence-electron chi connectivity index (χ2n) is 5.82. The van der Waals surface area contributed by atoms with Crippen LogP contribution in [0, 0.1) is 5.82 Å². The van der Waals surface area contributed by atoms with Crippen molar-refractivity contribution in [3.05, 3.63) is 77.2 Å². The summed E-state index contributed by atoms with van der Waals surface area (Å²) >= 11 is 5.34. The molecule has 0 spiro atoms. The van der Waals surface area contributed by atoms with Gasteiger partial charge in [0.05, 0.1) is 11.6 Å². The van der Waals surface area contributed by atoms with E-state index in [1.54, 1.807) is 24.1 Å². The summed E-state index contributed by atoms with van der Waals surface area (Å²) in [6.45, 7) is 1.83. The van der Waals surface area contributed by atoms with E-state index in [0.29, 0.717) is 21.9 Å². The molecular formula is C19H18FN3OS. The third-order valence-corrected chi connectivity index (χ3v) is 4.60. The van der Waals surface area contributed by atoms with Gasteiger partial charge in [0.15, 0.2) is 5.11 Å². The first-order valence-corrected chi connectivity index (χ1v) is 8.25. The summed E-state index contributed by atoms with van der Waals surface area (Å²) in [7, 11) is 1.79. The van der Waals surface area contributed by atoms with Crippen LogP contribution < -0.4 is 10.6 Å². The molecule has 25 heavy (non-hydrogen) atoms. The van der Waals surface area contributed by atoms with E-state index in [2.05, 4.69) is 10.6 Å². The number of nitrogens with zero attached hydrogens (tertiary/aromatic N) is 1. The zero-order chi connectivity index (χ0) is 18.0. The smallest absolute Gasteiger partial charge is 0.255 e. The monoisotopic (exact) mass is 355 g/mol. The van der Waals surface area contributed by atoms with E-state index in [4.69, 9.17) is 12.2 Å². The van der Waals surface area contributed by atoms with Crippen molar-refractivity contribution in [1.29, 1.82) is 0 Å². The lowest BCUT2D eigenvalue weighted by Crippen LogP contribution is -2.46. The average molecular weight is 355 g/mol. The number of halogens is 1. The molecule has 1 amide bonds. The van der Waals surface area contributed by atoms with Crippen molar-refractivity contribution in [2.45, 2.75) is 13.0 Å². The maximum absolute atomic E-state index is 13.7. The summed E-state index contributed by atoms with van der Waals surface area (Å²) in [6.07, 6.45) is 0. The zero-order valence-corrected chi connectivity index (χ0v) is 14.7. The van der Waals surface area contributed by atoms with Crippen LogP contribution in [0.25, 0.3) is 0 Å². The molecule has 2 aromatic carbocycles. The van der Waals surface area contributed by atoms with Crippen molar-refractivity contribution in [2.75, 3.05) is 12.4 Å². The standard InChI is InChI=1S/C19H18FN3OS/c1-12-16(18(24)21-15-9-4-3-5-10-15)17(22-19(25)23(12)2)13-7-6-8-14(20)11-13/h3-11,17H,1-2H3,(H,21,24)(H,22,25). The third kappa shape index (κ3) is 3.53. The molecule has 1 aliphatic rings. The lowest BCUT2D eigenvalue weighted by atomic mass is 9.94. The van der Waals surface area contributed by atoms with E-state index in [1.165, 1.54) is 12.1 Å². The van der Waals surface area contributed by atoms with Gasteiger partial charge >= 0.3 is 0 Å². The van der Waals surface area contributed by atoms with Crippen molar-refractivity contribution in [3.8, 4) is 0 Å². The first kappa shape index (κ1) is 17.1. The van der Waals surface area contributed by atoms with E-state index < -0.39 is 6.04 Å². The van der Waals surface area contributed by atoms with Crippen molar-refractivity contribution >= 4 is 28.9 Å². The number of hydrogen-bond acceptors (Lipinski definition) is 2. The van der Waals surface area contributed by atoms with Gasteiger partial charge in [-0.1, -0.05) is 30.3 Å². The van der Waals surface area contributed by atoms with E-state index in [-0.39, 0.29) is 11.7 Å². The summed E-state index contributed by atoms with van der Waals surface area (Å²) in [5.74, 6) is -0.607. The van der Waals surface area contributed by atoms with Gasteiger partial charge in [0, 0.05) is 18.4 Å². The molecule has 0 aromatic heterocycles. The second-order valence-corrected chi connectivity index (χ2v) is 6.20. The largest absolute Gasteiger partial charge is 0.351 e. The molecule has 3 rings (SSSR count). The molecule has 0 saturated carbocycles. The fraction of sp³-hybridized carbons (Fsp3) is 0.158. The van der Waals surface area contributed by atoms with Crippen LogP contribution in [0.15, 0.2) is 65.9 Å². The molecule has 0 radical (unpaired) electrons. The normalized spacial score (nSPS) is 17.3. The number of amides is 1. The quantitative estimate of drug-likeness (QED) is 0.826. The highest BCUT2D eigenvalue weighted by molar-refractivity contribution is 7.80. The molecule has 4 nitrogen and oxygen atoms in total. The fourth-order valence-electron chi connectivity index (χ4n) is 2.79. The highest BCUT2D eigenvalue weighted by Crippen LogP contribution is 2.31. The maximum Gasteiger partial charge on any atom is 0.255 e. The molecule has 128 valence electrons. The SMILES string of the molecule is CC1=C(C(=O)Nc2ccccc2)C(c2cccc(F)c2)NC(=S)N1C. The second kappa shape index (κ2) is 7.03. The molecule has 0 bridgehead atoms. The fourth-order valence-corrected chi connectivity index (χ4v) is 3.04. The van der Waals surface area contributed by atoms with Gasteiger partial charge in [-0.15, -0.1) is 0 Å². The predicted molar refractivity (Wildman–Crippen MR) is 100 cm³/mol. The highest BCUT2D eigenvalue weighted by Gasteiger charge is 2.32. The number of thiocarbonyl (C=S) groups is 1. The minimum atomic E-state index is -0.511. The molecule has 0 fully saturated rings. The van der Waals surface area contributed by atoms with Crippen molar-refractivity contribution in [2.24, 2.45) is 0 Å². The van der Waals surface area contributed by atoms with Crippen LogP contribution in [0.5, 0.6) is 0 Å². The Labute approximate surface area is 151 Å². The number of hydrogen-bond donors (Lipinski definition) is 2. The first-order chi connectivity index (χ1) is 12.0. The molecule has 6 heteroatoms. The van der Waals surface area contributed by atoms with Gasteiger partial charge in [-0.25, -0.2) is 4.39 Å². The van der Waals surface area contributed by atoms with Gasteiger partial charge < -0.3 is 15.5 Å². The van der Waals surface area contributed by atoms with Crippen molar-refractivity contribution in [1.82, 2.24) is 10.2 Å². The number of carbonyl (C=O) groups is 1. The van der Waals surface area contributed by atoms with E-state index in [9.17, 15) is 9.18 Å². The Bertz CT molecular complexity index is 851. The summed E-state index contributed by atoms with van der Waals surface area (Å²) in [5, 5.41) is 6.51. The van der Waals surface area contributed by atoms with Gasteiger partial charge in [-0.3, -0.25) is 4.79 Å². The third-order valence-electron chi connectivity index (χ3n) is 4.21. The van der Waals surface area contributed by atoms with Crippen LogP contribution in [0.4, 0.5) is 10.1 Å². The lowest BCUT2D eigenvalue weighted by Gasteiger charge is -2.35. The number of carbonyl (C=O) groups excluding carboxylic acids is 1. The number of anilines is 1. The van der Waals surface area contributed by atoms with Gasteiger partial charge in [0.25, 0.3) is 5.91 Å². The Morgan fingerprint density at radius 3 is 2.60 bits per heavy atom. The summed E-state index contributed by atoms with van der Waals surface area (Å²) in [5.41, 5.74) is 2.58. The number of allylic oxidation sites excluding steroid dienone is 1.